The second kappa shape index (κ2) is 10.4. The molecule has 0 unspecified atom stereocenters. The molecular formula is C24H30FN5O3. The average Bonchev–Trinajstić information content (AvgIpc) is 3.32. The minimum absolute atomic E-state index is 0.0348. The lowest BCUT2D eigenvalue weighted by Gasteiger charge is -2.39. The molecule has 1 aromatic carbocycles. The maximum atomic E-state index is 12.8. The molecule has 1 saturated heterocycles. The van der Waals surface area contributed by atoms with Crippen LogP contribution in [0.1, 0.15) is 53.6 Å². The van der Waals surface area contributed by atoms with E-state index in [9.17, 15) is 19.1 Å². The van der Waals surface area contributed by atoms with E-state index in [4.69, 9.17) is 0 Å². The number of halogens is 1. The molecule has 8 nitrogen and oxygen atoms in total. The Morgan fingerprint density at radius 2 is 1.94 bits per heavy atom. The van der Waals surface area contributed by atoms with Crippen molar-refractivity contribution in [3.05, 3.63) is 59.7 Å². The van der Waals surface area contributed by atoms with Crippen LogP contribution in [0.2, 0.25) is 0 Å². The fourth-order valence-corrected chi connectivity index (χ4v) is 4.85. The van der Waals surface area contributed by atoms with Crippen molar-refractivity contribution in [3.63, 3.8) is 0 Å². The first kappa shape index (κ1) is 23.3. The number of hydrogen-bond acceptors (Lipinski definition) is 6. The number of alkyl halides is 1. The van der Waals surface area contributed by atoms with Gasteiger partial charge in [0.25, 0.3) is 5.91 Å². The van der Waals surface area contributed by atoms with Crippen LogP contribution in [0, 0.1) is 0 Å². The molecule has 2 amide bonds. The van der Waals surface area contributed by atoms with Gasteiger partial charge in [0.15, 0.2) is 0 Å². The maximum Gasteiger partial charge on any atom is 0.251 e. The summed E-state index contributed by atoms with van der Waals surface area (Å²) in [5, 5.41) is 16.6. The van der Waals surface area contributed by atoms with Crippen molar-refractivity contribution in [2.75, 3.05) is 19.6 Å². The first-order valence-electron chi connectivity index (χ1n) is 11.4. The van der Waals surface area contributed by atoms with Crippen molar-refractivity contribution in [2.24, 2.45) is 0 Å². The summed E-state index contributed by atoms with van der Waals surface area (Å²) in [7, 11) is 0. The van der Waals surface area contributed by atoms with Gasteiger partial charge in [-0.25, -0.2) is 14.4 Å². The summed E-state index contributed by atoms with van der Waals surface area (Å²) in [4.78, 5) is 35.0. The lowest BCUT2D eigenvalue weighted by molar-refractivity contribution is -0.120. The Morgan fingerprint density at radius 3 is 2.67 bits per heavy atom. The van der Waals surface area contributed by atoms with Crippen LogP contribution in [-0.4, -0.2) is 63.5 Å². The summed E-state index contributed by atoms with van der Waals surface area (Å²) in [5.74, 6) is -0.633. The molecule has 0 bridgehead atoms. The molecule has 2 heterocycles. The minimum atomic E-state index is -0.868. The van der Waals surface area contributed by atoms with Gasteiger partial charge in [0.2, 0.25) is 5.91 Å². The van der Waals surface area contributed by atoms with Crippen molar-refractivity contribution >= 4 is 11.8 Å². The second-order valence-electron chi connectivity index (χ2n) is 8.95. The number of aliphatic hydroxyl groups is 1. The molecule has 2 aromatic rings. The monoisotopic (exact) mass is 455 g/mol. The Kier molecular flexibility index (Phi) is 7.29. The number of nitrogens with one attached hydrogen (secondary N) is 2. The summed E-state index contributed by atoms with van der Waals surface area (Å²) >= 11 is 0. The molecule has 176 valence electrons. The van der Waals surface area contributed by atoms with Crippen LogP contribution in [0.15, 0.2) is 43.0 Å². The predicted octanol–water partition coefficient (Wildman–Crippen LogP) is 1.70. The molecule has 1 aliphatic heterocycles. The van der Waals surface area contributed by atoms with E-state index in [1.54, 1.807) is 30.6 Å². The Balaban J connectivity index is 1.20. The summed E-state index contributed by atoms with van der Waals surface area (Å²) in [5.41, 5.74) is 0.668. The third kappa shape index (κ3) is 5.72. The molecule has 3 N–H and O–H groups in total. The fraction of sp³-hybridized carbons (Fsp3) is 0.500. The molecule has 1 atom stereocenters. The van der Waals surface area contributed by atoms with Gasteiger partial charge >= 0.3 is 0 Å². The topological polar surface area (TPSA) is 107 Å². The fourth-order valence-electron chi connectivity index (χ4n) is 4.85. The molecule has 2 fully saturated rings. The number of benzene rings is 1. The highest BCUT2D eigenvalue weighted by atomic mass is 19.1. The van der Waals surface area contributed by atoms with Gasteiger partial charge in [-0.05, 0) is 49.8 Å². The maximum absolute atomic E-state index is 12.8. The first-order chi connectivity index (χ1) is 16.0. The van der Waals surface area contributed by atoms with Crippen molar-refractivity contribution < 1.29 is 19.1 Å². The van der Waals surface area contributed by atoms with E-state index in [0.29, 0.717) is 30.0 Å². The Labute approximate surface area is 192 Å². The third-order valence-corrected chi connectivity index (χ3v) is 6.73. The summed E-state index contributed by atoms with van der Waals surface area (Å²) in [6, 6.07) is 6.72. The largest absolute Gasteiger partial charge is 0.385 e. The van der Waals surface area contributed by atoms with Crippen LogP contribution in [0.25, 0.3) is 0 Å². The molecule has 0 spiro atoms. The highest BCUT2D eigenvalue weighted by molar-refractivity contribution is 5.96. The van der Waals surface area contributed by atoms with Gasteiger partial charge in [-0.2, -0.15) is 0 Å². The highest BCUT2D eigenvalue weighted by Crippen LogP contribution is 2.38. The first-order valence-corrected chi connectivity index (χ1v) is 11.4. The second-order valence-corrected chi connectivity index (χ2v) is 8.95. The zero-order valence-corrected chi connectivity index (χ0v) is 18.5. The smallest absolute Gasteiger partial charge is 0.251 e. The normalized spacial score (nSPS) is 25.5. The predicted molar refractivity (Wildman–Crippen MR) is 120 cm³/mol. The van der Waals surface area contributed by atoms with Crippen molar-refractivity contribution in [1.82, 2.24) is 25.5 Å². The summed E-state index contributed by atoms with van der Waals surface area (Å²) < 4.78 is 12.8. The number of amides is 2. The van der Waals surface area contributed by atoms with Crippen LogP contribution in [0.4, 0.5) is 4.39 Å². The van der Waals surface area contributed by atoms with E-state index in [1.807, 2.05) is 0 Å². The molecule has 1 saturated carbocycles. The van der Waals surface area contributed by atoms with E-state index in [2.05, 4.69) is 25.5 Å². The van der Waals surface area contributed by atoms with Gasteiger partial charge in [0.05, 0.1) is 12.1 Å². The highest BCUT2D eigenvalue weighted by Gasteiger charge is 2.38. The molecule has 2 aliphatic rings. The lowest BCUT2D eigenvalue weighted by atomic mass is 9.78. The van der Waals surface area contributed by atoms with E-state index in [1.165, 1.54) is 12.4 Å². The summed E-state index contributed by atoms with van der Waals surface area (Å²) in [6.45, 7) is 0.895. The number of carbonyl (C=O) groups excluding carboxylic acids is 2. The molecular weight excluding hydrogens is 425 g/mol. The van der Waals surface area contributed by atoms with Gasteiger partial charge in [0.1, 0.15) is 13.0 Å². The van der Waals surface area contributed by atoms with Crippen molar-refractivity contribution in [1.29, 1.82) is 0 Å². The van der Waals surface area contributed by atoms with Crippen molar-refractivity contribution in [2.45, 2.75) is 56.5 Å². The van der Waals surface area contributed by atoms with Crippen LogP contribution < -0.4 is 10.6 Å². The average molecular weight is 456 g/mol. The number of hydrogen-bond donors (Lipinski definition) is 3. The Bertz CT molecular complexity index is 966. The van der Waals surface area contributed by atoms with Gasteiger partial charge in [0, 0.05) is 48.7 Å². The number of likely N-dealkylation sites (tertiary alicyclic amines) is 1. The third-order valence-electron chi connectivity index (χ3n) is 6.73. The molecule has 4 rings (SSSR count). The minimum Gasteiger partial charge on any atom is -0.385 e. The lowest BCUT2D eigenvalue weighted by Crippen LogP contribution is -2.45. The van der Waals surface area contributed by atoms with E-state index in [0.717, 1.165) is 37.9 Å². The molecule has 9 heteroatoms. The SMILES string of the molecule is O=C(CNC(=O)c1cccc(CF)c1)N[C@@H]1CCN(C2CCC(O)(c3cncnc3)CC2)C1. The van der Waals surface area contributed by atoms with Crippen molar-refractivity contribution in [3.8, 4) is 0 Å². The van der Waals surface area contributed by atoms with Crippen LogP contribution in [0.5, 0.6) is 0 Å². The van der Waals surface area contributed by atoms with Gasteiger partial charge < -0.3 is 15.7 Å². The quantitative estimate of drug-likeness (QED) is 0.587. The Hall–Kier alpha value is -2.91. The van der Waals surface area contributed by atoms with Gasteiger partial charge in [-0.3, -0.25) is 14.5 Å². The van der Waals surface area contributed by atoms with Gasteiger partial charge in [-0.1, -0.05) is 12.1 Å². The molecule has 1 aromatic heterocycles. The zero-order valence-electron chi connectivity index (χ0n) is 18.5. The number of carbonyl (C=O) groups is 2. The Morgan fingerprint density at radius 1 is 1.18 bits per heavy atom. The molecule has 0 radical (unpaired) electrons. The molecule has 1 aliphatic carbocycles. The van der Waals surface area contributed by atoms with Crippen LogP contribution in [-0.2, 0) is 17.1 Å². The van der Waals surface area contributed by atoms with Crippen LogP contribution >= 0.6 is 0 Å². The molecule has 33 heavy (non-hydrogen) atoms. The van der Waals surface area contributed by atoms with E-state index in [-0.39, 0.29) is 18.5 Å². The zero-order chi connectivity index (χ0) is 23.3. The van der Waals surface area contributed by atoms with E-state index >= 15 is 0 Å². The van der Waals surface area contributed by atoms with Crippen LogP contribution in [0.3, 0.4) is 0 Å². The number of rotatable bonds is 7. The standard InChI is InChI=1S/C24H30FN5O3/c25-11-17-2-1-3-18(10-17)23(32)28-14-22(31)29-20-6-9-30(15-20)21-4-7-24(33,8-5-21)19-12-26-16-27-13-19/h1-3,10,12-13,16,20-21,33H,4-9,11,14-15H2,(H,28,32)(H,29,31)/t20-,21?,24?/m1/s1. The van der Waals surface area contributed by atoms with E-state index < -0.39 is 18.2 Å². The number of nitrogens with zero attached hydrogens (tertiary/aromatic N) is 3. The number of aromatic nitrogens is 2. The van der Waals surface area contributed by atoms with Gasteiger partial charge in [-0.15, -0.1) is 0 Å². The summed E-state index contributed by atoms with van der Waals surface area (Å²) in [6.07, 6.45) is 8.76.